The van der Waals surface area contributed by atoms with Crippen molar-refractivity contribution in [1.29, 1.82) is 0 Å². The van der Waals surface area contributed by atoms with Crippen molar-refractivity contribution >= 4 is 34.0 Å². The lowest BCUT2D eigenvalue weighted by Gasteiger charge is -2.02. The number of thioether (sulfide) groups is 1. The normalized spacial score (nSPS) is 11.2. The second kappa shape index (κ2) is 5.57. The van der Waals surface area contributed by atoms with Crippen LogP contribution in [0.4, 0.5) is 5.69 Å². The van der Waals surface area contributed by atoms with Gasteiger partial charge in [-0.25, -0.2) is 9.97 Å². The molecular weight excluding hydrogens is 326 g/mol. The van der Waals surface area contributed by atoms with Crippen LogP contribution in [-0.4, -0.2) is 30.8 Å². The van der Waals surface area contributed by atoms with E-state index >= 15 is 0 Å². The van der Waals surface area contributed by atoms with Crippen molar-refractivity contribution in [2.45, 2.75) is 5.16 Å². The molecule has 0 aliphatic heterocycles. The molecule has 2 aromatic carbocycles. The van der Waals surface area contributed by atoms with Crippen molar-refractivity contribution < 1.29 is 4.92 Å². The van der Waals surface area contributed by atoms with E-state index in [1.807, 2.05) is 30.5 Å². The Kier molecular flexibility index (Phi) is 3.39. The molecule has 8 heteroatoms. The number of para-hydroxylation sites is 1. The topological polar surface area (TPSA) is 86.2 Å². The third-order valence-electron chi connectivity index (χ3n) is 3.67. The Hall–Kier alpha value is -3.00. The molecule has 0 aliphatic carbocycles. The largest absolute Gasteiger partial charge is 0.269 e. The Morgan fingerprint density at radius 1 is 1.08 bits per heavy atom. The van der Waals surface area contributed by atoms with Crippen LogP contribution in [-0.2, 0) is 0 Å². The summed E-state index contributed by atoms with van der Waals surface area (Å²) < 4.78 is 1.71. The van der Waals surface area contributed by atoms with Gasteiger partial charge in [0.1, 0.15) is 0 Å². The molecule has 0 spiro atoms. The van der Waals surface area contributed by atoms with Gasteiger partial charge in [-0.2, -0.15) is 4.52 Å². The molecule has 0 saturated carbocycles. The standard InChI is InChI=1S/C16H11N5O2S/c1-24-16-17-13-5-3-2-4-12(13)15-18-14(19-20(15)16)10-6-8-11(9-7-10)21(22)23/h2-9H,1H3. The molecule has 0 bridgehead atoms. The first-order valence-corrected chi connectivity index (χ1v) is 8.34. The van der Waals surface area contributed by atoms with E-state index in [-0.39, 0.29) is 5.69 Å². The van der Waals surface area contributed by atoms with Crippen molar-refractivity contribution in [2.75, 3.05) is 6.26 Å². The maximum atomic E-state index is 10.8. The fraction of sp³-hybridized carbons (Fsp3) is 0.0625. The van der Waals surface area contributed by atoms with E-state index in [2.05, 4.69) is 15.1 Å². The van der Waals surface area contributed by atoms with E-state index in [0.717, 1.165) is 27.3 Å². The molecule has 0 fully saturated rings. The van der Waals surface area contributed by atoms with Crippen molar-refractivity contribution in [3.05, 3.63) is 58.6 Å². The molecular formula is C16H11N5O2S. The van der Waals surface area contributed by atoms with Crippen LogP contribution in [0.25, 0.3) is 27.9 Å². The second-order valence-corrected chi connectivity index (χ2v) is 5.86. The van der Waals surface area contributed by atoms with Gasteiger partial charge in [-0.3, -0.25) is 10.1 Å². The number of nitrogens with zero attached hydrogens (tertiary/aromatic N) is 5. The summed E-state index contributed by atoms with van der Waals surface area (Å²) in [4.78, 5) is 19.6. The smallest absolute Gasteiger partial charge is 0.258 e. The minimum Gasteiger partial charge on any atom is -0.258 e. The molecule has 0 aliphatic rings. The van der Waals surface area contributed by atoms with E-state index < -0.39 is 4.92 Å². The molecule has 118 valence electrons. The third kappa shape index (κ3) is 2.28. The molecule has 0 N–H and O–H groups in total. The van der Waals surface area contributed by atoms with Crippen LogP contribution in [0.1, 0.15) is 0 Å². The number of nitro groups is 1. The van der Waals surface area contributed by atoms with E-state index in [1.54, 1.807) is 16.6 Å². The van der Waals surface area contributed by atoms with Crippen molar-refractivity contribution in [3.8, 4) is 11.4 Å². The first kappa shape index (κ1) is 14.6. The van der Waals surface area contributed by atoms with Crippen molar-refractivity contribution in [3.63, 3.8) is 0 Å². The van der Waals surface area contributed by atoms with Crippen molar-refractivity contribution in [1.82, 2.24) is 19.6 Å². The van der Waals surface area contributed by atoms with Crippen LogP contribution < -0.4 is 0 Å². The van der Waals surface area contributed by atoms with Gasteiger partial charge >= 0.3 is 0 Å². The summed E-state index contributed by atoms with van der Waals surface area (Å²) in [6.07, 6.45) is 1.93. The maximum Gasteiger partial charge on any atom is 0.269 e. The summed E-state index contributed by atoms with van der Waals surface area (Å²) in [5.41, 5.74) is 2.34. The summed E-state index contributed by atoms with van der Waals surface area (Å²) in [6.45, 7) is 0. The number of fused-ring (bicyclic) bond motifs is 3. The maximum absolute atomic E-state index is 10.8. The lowest BCUT2D eigenvalue weighted by Crippen LogP contribution is -1.97. The number of non-ortho nitro benzene ring substituents is 1. The van der Waals surface area contributed by atoms with Gasteiger partial charge in [0.05, 0.1) is 10.4 Å². The fourth-order valence-electron chi connectivity index (χ4n) is 2.52. The van der Waals surface area contributed by atoms with Crippen LogP contribution in [0.2, 0.25) is 0 Å². The molecule has 0 unspecified atom stereocenters. The minimum absolute atomic E-state index is 0.0411. The Morgan fingerprint density at radius 2 is 1.83 bits per heavy atom. The van der Waals surface area contributed by atoms with Crippen LogP contribution in [0.5, 0.6) is 0 Å². The van der Waals surface area contributed by atoms with Gasteiger partial charge in [0.15, 0.2) is 16.6 Å². The van der Waals surface area contributed by atoms with Crippen LogP contribution in [0.15, 0.2) is 53.7 Å². The number of nitro benzene ring substituents is 1. The minimum atomic E-state index is -0.426. The number of rotatable bonds is 3. The van der Waals surface area contributed by atoms with E-state index in [4.69, 9.17) is 0 Å². The SMILES string of the molecule is CSc1nc2ccccc2c2nc(-c3ccc([N+](=O)[O-])cc3)nn12. The van der Waals surface area contributed by atoms with E-state index in [0.29, 0.717) is 5.82 Å². The zero-order valence-corrected chi connectivity index (χ0v) is 13.4. The van der Waals surface area contributed by atoms with Gasteiger partial charge in [0.2, 0.25) is 0 Å². The molecule has 0 amide bonds. The molecule has 7 nitrogen and oxygen atoms in total. The Balaban J connectivity index is 1.94. The number of hydrogen-bond acceptors (Lipinski definition) is 6. The quantitative estimate of drug-likeness (QED) is 0.246. The van der Waals surface area contributed by atoms with Gasteiger partial charge < -0.3 is 0 Å². The Bertz CT molecular complexity index is 1080. The number of hydrogen-bond donors (Lipinski definition) is 0. The molecule has 4 rings (SSSR count). The Labute approximate surface area is 140 Å². The summed E-state index contributed by atoms with van der Waals surface area (Å²) in [6, 6.07) is 14.0. The third-order valence-corrected chi connectivity index (χ3v) is 4.30. The highest BCUT2D eigenvalue weighted by Gasteiger charge is 2.14. The highest BCUT2D eigenvalue weighted by Crippen LogP contribution is 2.26. The van der Waals surface area contributed by atoms with Crippen LogP contribution >= 0.6 is 11.8 Å². The van der Waals surface area contributed by atoms with E-state index in [1.165, 1.54) is 23.9 Å². The highest BCUT2D eigenvalue weighted by molar-refractivity contribution is 7.98. The lowest BCUT2D eigenvalue weighted by molar-refractivity contribution is -0.384. The second-order valence-electron chi connectivity index (χ2n) is 5.09. The van der Waals surface area contributed by atoms with Gasteiger partial charge in [0, 0.05) is 23.1 Å². The average Bonchev–Trinajstić information content (AvgIpc) is 3.06. The monoisotopic (exact) mass is 337 g/mol. The number of aromatic nitrogens is 4. The molecule has 2 heterocycles. The zero-order valence-electron chi connectivity index (χ0n) is 12.6. The molecule has 0 atom stereocenters. The highest BCUT2D eigenvalue weighted by atomic mass is 32.2. The average molecular weight is 337 g/mol. The first-order chi connectivity index (χ1) is 11.7. The van der Waals surface area contributed by atoms with Crippen LogP contribution in [0, 0.1) is 10.1 Å². The number of benzene rings is 2. The van der Waals surface area contributed by atoms with Crippen molar-refractivity contribution in [2.24, 2.45) is 0 Å². The predicted octanol–water partition coefficient (Wildman–Crippen LogP) is 3.57. The molecule has 0 radical (unpaired) electrons. The first-order valence-electron chi connectivity index (χ1n) is 7.12. The zero-order chi connectivity index (χ0) is 16.7. The summed E-state index contributed by atoms with van der Waals surface area (Å²) in [5.74, 6) is 0.512. The molecule has 2 aromatic heterocycles. The van der Waals surface area contributed by atoms with E-state index in [9.17, 15) is 10.1 Å². The van der Waals surface area contributed by atoms with Gasteiger partial charge in [-0.05, 0) is 30.5 Å². The van der Waals surface area contributed by atoms with Gasteiger partial charge in [-0.15, -0.1) is 5.10 Å². The molecule has 4 aromatic rings. The molecule has 0 saturated heterocycles. The summed E-state index contributed by atoms with van der Waals surface area (Å²) in [7, 11) is 0. The van der Waals surface area contributed by atoms with Gasteiger partial charge in [-0.1, -0.05) is 23.9 Å². The predicted molar refractivity (Wildman–Crippen MR) is 92.2 cm³/mol. The fourth-order valence-corrected chi connectivity index (χ4v) is 3.01. The molecule has 24 heavy (non-hydrogen) atoms. The summed E-state index contributed by atoms with van der Waals surface area (Å²) in [5, 5.41) is 17.0. The van der Waals surface area contributed by atoms with Gasteiger partial charge in [0.25, 0.3) is 5.69 Å². The summed E-state index contributed by atoms with van der Waals surface area (Å²) >= 11 is 1.49. The van der Waals surface area contributed by atoms with Crippen LogP contribution in [0.3, 0.4) is 0 Å². The lowest BCUT2D eigenvalue weighted by atomic mass is 10.2. The Morgan fingerprint density at radius 3 is 2.54 bits per heavy atom.